The molecule has 1 amide bonds. The van der Waals surface area contributed by atoms with E-state index in [0.29, 0.717) is 11.7 Å². The predicted octanol–water partition coefficient (Wildman–Crippen LogP) is 4.38. The lowest BCUT2D eigenvalue weighted by atomic mass is 9.82. The van der Waals surface area contributed by atoms with Crippen LogP contribution in [0.5, 0.6) is 0 Å². The minimum absolute atomic E-state index is 0.00193. The number of fused-ring (bicyclic) bond motifs is 1. The van der Waals surface area contributed by atoms with Crippen molar-refractivity contribution in [1.82, 2.24) is 19.6 Å². The highest BCUT2D eigenvalue weighted by Crippen LogP contribution is 2.44. The van der Waals surface area contributed by atoms with Gasteiger partial charge in [0.1, 0.15) is 6.54 Å². The summed E-state index contributed by atoms with van der Waals surface area (Å²) >= 11 is 0. The Balaban J connectivity index is 1.78. The van der Waals surface area contributed by atoms with Crippen molar-refractivity contribution in [1.29, 1.82) is 0 Å². The Bertz CT molecular complexity index is 1300. The first-order valence-electron chi connectivity index (χ1n) is 11.0. The van der Waals surface area contributed by atoms with Crippen LogP contribution in [0.3, 0.4) is 0 Å². The van der Waals surface area contributed by atoms with Gasteiger partial charge in [0.15, 0.2) is 5.82 Å². The van der Waals surface area contributed by atoms with Gasteiger partial charge in [-0.25, -0.2) is 4.79 Å². The number of carbonyl (C=O) groups excluding carboxylic acids is 1. The van der Waals surface area contributed by atoms with E-state index in [1.54, 1.807) is 31.5 Å². The third-order valence-corrected chi connectivity index (χ3v) is 6.42. The summed E-state index contributed by atoms with van der Waals surface area (Å²) in [6.45, 7) is 0.204. The van der Waals surface area contributed by atoms with Gasteiger partial charge in [0.05, 0.1) is 23.7 Å². The highest BCUT2D eigenvalue weighted by molar-refractivity contribution is 5.96. The van der Waals surface area contributed by atoms with Crippen molar-refractivity contribution in [2.75, 3.05) is 14.1 Å². The maximum absolute atomic E-state index is 12.8. The van der Waals surface area contributed by atoms with E-state index in [2.05, 4.69) is 20.8 Å². The quantitative estimate of drug-likeness (QED) is 0.503. The lowest BCUT2D eigenvalue weighted by Gasteiger charge is -2.23. The van der Waals surface area contributed by atoms with Crippen molar-refractivity contribution < 1.29 is 13.7 Å². The van der Waals surface area contributed by atoms with Crippen LogP contribution in [0.2, 0.25) is 0 Å². The van der Waals surface area contributed by atoms with E-state index < -0.39 is 5.76 Å². The molecule has 1 fully saturated rings. The molecule has 8 heteroatoms. The summed E-state index contributed by atoms with van der Waals surface area (Å²) in [5, 5.41) is 4.96. The Morgan fingerprint density at radius 3 is 2.66 bits per heavy atom. The Labute approximate surface area is 184 Å². The molecular formula is C24H26N4O4. The number of H-pyrrole nitrogens is 1. The number of aromatic nitrogens is 3. The summed E-state index contributed by atoms with van der Waals surface area (Å²) < 4.78 is 12.2. The minimum atomic E-state index is -0.597. The Morgan fingerprint density at radius 2 is 2.00 bits per heavy atom. The normalized spacial score (nSPS) is 14.8. The highest BCUT2D eigenvalue weighted by atomic mass is 16.5. The molecule has 1 saturated carbocycles. The van der Waals surface area contributed by atoms with Gasteiger partial charge in [0.2, 0.25) is 5.91 Å². The molecule has 0 aliphatic heterocycles. The lowest BCUT2D eigenvalue weighted by molar-refractivity contribution is -0.129. The first-order valence-corrected chi connectivity index (χ1v) is 11.0. The summed E-state index contributed by atoms with van der Waals surface area (Å²) in [5.41, 5.74) is 4.92. The Hall–Kier alpha value is -3.55. The lowest BCUT2D eigenvalue weighted by Crippen LogP contribution is -2.26. The van der Waals surface area contributed by atoms with Crippen LogP contribution < -0.4 is 5.76 Å². The number of likely N-dealkylation sites (N-methyl/N-ethyl adjacent to an activating group) is 1. The summed E-state index contributed by atoms with van der Waals surface area (Å²) in [6, 6.07) is 7.94. The van der Waals surface area contributed by atoms with Gasteiger partial charge in [0, 0.05) is 30.6 Å². The minimum Gasteiger partial charge on any atom is -0.472 e. The third-order valence-electron chi connectivity index (χ3n) is 6.42. The average molecular weight is 434 g/mol. The second-order valence-corrected chi connectivity index (χ2v) is 8.66. The van der Waals surface area contributed by atoms with Crippen molar-refractivity contribution in [3.8, 4) is 22.6 Å². The van der Waals surface area contributed by atoms with Crippen LogP contribution in [0.25, 0.3) is 33.5 Å². The number of rotatable bonds is 5. The van der Waals surface area contributed by atoms with Crippen molar-refractivity contribution in [2.24, 2.45) is 0 Å². The molecule has 0 radical (unpaired) electrons. The molecule has 0 spiro atoms. The fourth-order valence-electron chi connectivity index (χ4n) is 4.83. The van der Waals surface area contributed by atoms with E-state index in [4.69, 9.17) is 8.94 Å². The molecule has 4 aromatic rings. The van der Waals surface area contributed by atoms with Gasteiger partial charge in [-0.1, -0.05) is 36.6 Å². The molecule has 1 aromatic carbocycles. The molecule has 0 saturated heterocycles. The maximum Gasteiger partial charge on any atom is 0.439 e. The molecule has 1 aliphatic carbocycles. The zero-order chi connectivity index (χ0) is 22.2. The number of hydrogen-bond donors (Lipinski definition) is 1. The second kappa shape index (κ2) is 8.18. The number of nitrogens with zero attached hydrogens (tertiary/aromatic N) is 3. The number of benzene rings is 1. The molecule has 166 valence electrons. The van der Waals surface area contributed by atoms with Crippen molar-refractivity contribution in [2.45, 2.75) is 44.6 Å². The Morgan fingerprint density at radius 1 is 1.19 bits per heavy atom. The standard InChI is InChI=1S/C24H26N4O4/c1-27(2)20(29)13-28-19-12-16(23-25-24(30)32-26-23)8-9-18(19)21(15-6-4-3-5-7-15)22(28)17-10-11-31-14-17/h8-12,14-15H,3-7,13H2,1-2H3,(H,25,26,30). The van der Waals surface area contributed by atoms with E-state index >= 15 is 0 Å². The average Bonchev–Trinajstić information content (AvgIpc) is 3.53. The van der Waals surface area contributed by atoms with Crippen LogP contribution in [-0.2, 0) is 11.3 Å². The molecule has 0 bridgehead atoms. The zero-order valence-electron chi connectivity index (χ0n) is 18.3. The van der Waals surface area contributed by atoms with Crippen LogP contribution in [0.4, 0.5) is 0 Å². The number of carbonyl (C=O) groups is 1. The van der Waals surface area contributed by atoms with Crippen molar-refractivity contribution in [3.05, 3.63) is 52.9 Å². The molecule has 5 rings (SSSR count). The predicted molar refractivity (Wildman–Crippen MR) is 120 cm³/mol. The van der Waals surface area contributed by atoms with E-state index in [1.165, 1.54) is 24.8 Å². The molecule has 0 atom stereocenters. The molecule has 1 N–H and O–H groups in total. The van der Waals surface area contributed by atoms with Crippen LogP contribution >= 0.6 is 0 Å². The van der Waals surface area contributed by atoms with E-state index in [1.807, 2.05) is 18.2 Å². The monoisotopic (exact) mass is 434 g/mol. The fraction of sp³-hybridized carbons (Fsp3) is 0.375. The molecule has 32 heavy (non-hydrogen) atoms. The first-order chi connectivity index (χ1) is 15.5. The molecule has 1 aliphatic rings. The fourth-order valence-corrected chi connectivity index (χ4v) is 4.83. The number of aromatic amines is 1. The van der Waals surface area contributed by atoms with Gasteiger partial charge >= 0.3 is 5.76 Å². The van der Waals surface area contributed by atoms with Gasteiger partial charge in [-0.05, 0) is 36.5 Å². The van der Waals surface area contributed by atoms with Crippen LogP contribution in [0, 0.1) is 0 Å². The number of amides is 1. The molecule has 3 aromatic heterocycles. The smallest absolute Gasteiger partial charge is 0.439 e. The number of hydrogen-bond acceptors (Lipinski definition) is 5. The summed E-state index contributed by atoms with van der Waals surface area (Å²) in [4.78, 5) is 28.5. The summed E-state index contributed by atoms with van der Waals surface area (Å²) in [5.74, 6) is 0.194. The summed E-state index contributed by atoms with van der Waals surface area (Å²) in [7, 11) is 3.53. The van der Waals surface area contributed by atoms with Crippen molar-refractivity contribution in [3.63, 3.8) is 0 Å². The highest BCUT2D eigenvalue weighted by Gasteiger charge is 2.28. The van der Waals surface area contributed by atoms with Gasteiger partial charge in [0.25, 0.3) is 0 Å². The number of furan rings is 1. The molecule has 3 heterocycles. The Kier molecular flexibility index (Phi) is 5.20. The van der Waals surface area contributed by atoms with E-state index in [9.17, 15) is 9.59 Å². The topological polar surface area (TPSA) is 97.3 Å². The first kappa shape index (κ1) is 20.4. The SMILES string of the molecule is CN(C)C(=O)Cn1c(-c2ccoc2)c(C2CCCCC2)c2ccc(-c3noc(=O)[nH]3)cc21. The maximum atomic E-state index is 12.8. The third kappa shape index (κ3) is 3.55. The zero-order valence-corrected chi connectivity index (χ0v) is 18.3. The van der Waals surface area contributed by atoms with Gasteiger partial charge in [-0.15, -0.1) is 0 Å². The molecule has 8 nitrogen and oxygen atoms in total. The van der Waals surface area contributed by atoms with Gasteiger partial charge in [-0.2, -0.15) is 0 Å². The van der Waals surface area contributed by atoms with Crippen LogP contribution in [0.1, 0.15) is 43.6 Å². The van der Waals surface area contributed by atoms with E-state index in [-0.39, 0.29) is 12.5 Å². The number of nitrogens with one attached hydrogen (secondary N) is 1. The van der Waals surface area contributed by atoms with Gasteiger partial charge < -0.3 is 13.9 Å². The summed E-state index contributed by atoms with van der Waals surface area (Å²) in [6.07, 6.45) is 9.34. The van der Waals surface area contributed by atoms with Crippen LogP contribution in [-0.4, -0.2) is 39.6 Å². The van der Waals surface area contributed by atoms with Gasteiger partial charge in [-0.3, -0.25) is 14.3 Å². The van der Waals surface area contributed by atoms with Crippen LogP contribution in [0.15, 0.2) is 50.5 Å². The molecule has 0 unspecified atom stereocenters. The largest absolute Gasteiger partial charge is 0.472 e. The van der Waals surface area contributed by atoms with E-state index in [0.717, 1.165) is 40.6 Å². The second-order valence-electron chi connectivity index (χ2n) is 8.66. The van der Waals surface area contributed by atoms with Crippen molar-refractivity contribution >= 4 is 16.8 Å². The molecular weight excluding hydrogens is 408 g/mol.